The zero-order valence-electron chi connectivity index (χ0n) is 9.48. The Kier molecular flexibility index (Phi) is 4.84. The van der Waals surface area contributed by atoms with Gasteiger partial charge in [0.15, 0.2) is 0 Å². The van der Waals surface area contributed by atoms with E-state index in [1.807, 2.05) is 13.8 Å². The predicted molar refractivity (Wildman–Crippen MR) is 54.3 cm³/mol. The molecule has 0 bridgehead atoms. The minimum absolute atomic E-state index is 0.448. The fourth-order valence-corrected chi connectivity index (χ4v) is 1.52. The largest absolute Gasteiger partial charge is 0.378 e. The van der Waals surface area contributed by atoms with E-state index in [1.54, 1.807) is 0 Å². The quantitative estimate of drug-likeness (QED) is 0.543. The average molecular weight is 172 g/mol. The summed E-state index contributed by atoms with van der Waals surface area (Å²) in [6, 6.07) is 0. The van der Waals surface area contributed by atoms with Gasteiger partial charge >= 0.3 is 0 Å². The van der Waals surface area contributed by atoms with E-state index in [0.717, 1.165) is 6.61 Å². The Balaban J connectivity index is 0.000000561. The Morgan fingerprint density at radius 2 is 1.67 bits per heavy atom. The molecule has 0 N–H and O–H groups in total. The van der Waals surface area contributed by atoms with E-state index < -0.39 is 0 Å². The summed E-state index contributed by atoms with van der Waals surface area (Å²) in [7, 11) is 0. The lowest BCUT2D eigenvalue weighted by Gasteiger charge is -2.40. The fraction of sp³-hybridized carbons (Fsp3) is 1.00. The normalized spacial score (nSPS) is 33.5. The fourth-order valence-electron chi connectivity index (χ4n) is 1.52. The molecule has 0 unspecified atom stereocenters. The van der Waals surface area contributed by atoms with Crippen LogP contribution in [-0.2, 0) is 4.74 Å². The first-order chi connectivity index (χ1) is 5.54. The summed E-state index contributed by atoms with van der Waals surface area (Å²) in [6.07, 6.45) is 1.65. The zero-order valence-corrected chi connectivity index (χ0v) is 9.48. The van der Waals surface area contributed by atoms with Crippen LogP contribution in [-0.4, -0.2) is 12.7 Å². The molecule has 1 rings (SSSR count). The minimum Gasteiger partial charge on any atom is -0.378 e. The van der Waals surface area contributed by atoms with Gasteiger partial charge in [0, 0.05) is 6.61 Å². The second kappa shape index (κ2) is 4.86. The molecule has 2 atom stereocenters. The molecule has 0 spiro atoms. The Morgan fingerprint density at radius 3 is 2.00 bits per heavy atom. The van der Waals surface area contributed by atoms with Crippen molar-refractivity contribution in [2.24, 2.45) is 11.3 Å². The number of ether oxygens (including phenoxy) is 1. The van der Waals surface area contributed by atoms with Gasteiger partial charge in [-0.1, -0.05) is 34.6 Å². The molecule has 1 nitrogen and oxygen atoms in total. The van der Waals surface area contributed by atoms with Gasteiger partial charge in [-0.05, 0) is 24.7 Å². The van der Waals surface area contributed by atoms with Gasteiger partial charge in [-0.2, -0.15) is 0 Å². The zero-order chi connectivity index (χ0) is 9.78. The molecule has 0 aromatic rings. The van der Waals surface area contributed by atoms with E-state index in [9.17, 15) is 0 Å². The van der Waals surface area contributed by atoms with Crippen molar-refractivity contribution < 1.29 is 4.74 Å². The van der Waals surface area contributed by atoms with Crippen LogP contribution >= 0.6 is 0 Å². The van der Waals surface area contributed by atoms with E-state index in [0.29, 0.717) is 17.4 Å². The molecule has 0 radical (unpaired) electrons. The predicted octanol–water partition coefficient (Wildman–Crippen LogP) is 3.48. The first-order valence-corrected chi connectivity index (χ1v) is 5.15. The average Bonchev–Trinajstić information content (AvgIpc) is 2.04. The first kappa shape index (κ1) is 12.0. The maximum atomic E-state index is 5.53. The molecule has 0 aliphatic carbocycles. The van der Waals surface area contributed by atoms with Crippen LogP contribution in [0.1, 0.15) is 48.0 Å². The molecule has 1 saturated heterocycles. The van der Waals surface area contributed by atoms with Gasteiger partial charge in [-0.25, -0.2) is 0 Å². The van der Waals surface area contributed by atoms with E-state index in [4.69, 9.17) is 4.74 Å². The van der Waals surface area contributed by atoms with Crippen LogP contribution in [0.5, 0.6) is 0 Å². The molecule has 0 saturated carbocycles. The molecule has 1 heterocycles. The van der Waals surface area contributed by atoms with Crippen molar-refractivity contribution in [3.63, 3.8) is 0 Å². The first-order valence-electron chi connectivity index (χ1n) is 5.15. The molecule has 12 heavy (non-hydrogen) atoms. The highest BCUT2D eigenvalue weighted by molar-refractivity contribution is 4.82. The molecule has 74 valence electrons. The van der Waals surface area contributed by atoms with Crippen molar-refractivity contribution in [1.29, 1.82) is 0 Å². The number of hydrogen-bond acceptors (Lipinski definition) is 1. The summed E-state index contributed by atoms with van der Waals surface area (Å²) >= 11 is 0. The summed E-state index contributed by atoms with van der Waals surface area (Å²) in [5.41, 5.74) is 0.484. The Bertz CT molecular complexity index is 118. The molecule has 0 aromatic carbocycles. The highest BCUT2D eigenvalue weighted by Crippen LogP contribution is 2.37. The standard InChI is InChI=1S/C9H18O.C2H6/c1-7-8(2)10-6-5-9(7,3)4;1-2/h7-8H,5-6H2,1-4H3;1-2H3/t7-,8-;/m0./s1. The van der Waals surface area contributed by atoms with Gasteiger partial charge in [-0.15, -0.1) is 0 Å². The van der Waals surface area contributed by atoms with Crippen LogP contribution in [0, 0.1) is 11.3 Å². The lowest BCUT2D eigenvalue weighted by atomic mass is 9.73. The van der Waals surface area contributed by atoms with Gasteiger partial charge in [-0.3, -0.25) is 0 Å². The minimum atomic E-state index is 0.448. The van der Waals surface area contributed by atoms with Gasteiger partial charge in [0.25, 0.3) is 0 Å². The highest BCUT2D eigenvalue weighted by Gasteiger charge is 2.33. The number of hydrogen-bond donors (Lipinski definition) is 0. The van der Waals surface area contributed by atoms with E-state index in [2.05, 4.69) is 27.7 Å². The molecule has 1 aliphatic rings. The van der Waals surface area contributed by atoms with Crippen molar-refractivity contribution >= 4 is 0 Å². The smallest absolute Gasteiger partial charge is 0.0577 e. The van der Waals surface area contributed by atoms with Crippen molar-refractivity contribution in [2.75, 3.05) is 6.61 Å². The third-order valence-electron chi connectivity index (χ3n) is 3.06. The van der Waals surface area contributed by atoms with Crippen LogP contribution in [0.3, 0.4) is 0 Å². The molecular formula is C11H24O. The summed E-state index contributed by atoms with van der Waals surface area (Å²) in [5.74, 6) is 0.696. The van der Waals surface area contributed by atoms with Gasteiger partial charge < -0.3 is 4.74 Å². The Hall–Kier alpha value is -0.0400. The van der Waals surface area contributed by atoms with E-state index >= 15 is 0 Å². The van der Waals surface area contributed by atoms with Crippen molar-refractivity contribution in [1.82, 2.24) is 0 Å². The lowest BCUT2D eigenvalue weighted by molar-refractivity contribution is -0.0718. The maximum absolute atomic E-state index is 5.53. The second-order valence-corrected chi connectivity index (χ2v) is 4.10. The molecule has 1 aliphatic heterocycles. The molecule has 1 heteroatoms. The van der Waals surface area contributed by atoms with Crippen LogP contribution in [0.15, 0.2) is 0 Å². The van der Waals surface area contributed by atoms with Crippen molar-refractivity contribution in [2.45, 2.75) is 54.1 Å². The van der Waals surface area contributed by atoms with Crippen molar-refractivity contribution in [3.8, 4) is 0 Å². The monoisotopic (exact) mass is 172 g/mol. The van der Waals surface area contributed by atoms with Crippen molar-refractivity contribution in [3.05, 3.63) is 0 Å². The van der Waals surface area contributed by atoms with Crippen LogP contribution < -0.4 is 0 Å². The molecule has 1 fully saturated rings. The number of rotatable bonds is 0. The van der Waals surface area contributed by atoms with Gasteiger partial charge in [0.2, 0.25) is 0 Å². The third kappa shape index (κ3) is 2.78. The van der Waals surface area contributed by atoms with Crippen LogP contribution in [0.2, 0.25) is 0 Å². The van der Waals surface area contributed by atoms with E-state index in [1.165, 1.54) is 6.42 Å². The SMILES string of the molecule is CC.C[C@@H]1OCCC(C)(C)[C@H]1C. The second-order valence-electron chi connectivity index (χ2n) is 4.10. The summed E-state index contributed by atoms with van der Waals surface area (Å²) in [5, 5.41) is 0. The van der Waals surface area contributed by atoms with Gasteiger partial charge in [0.05, 0.1) is 6.10 Å². The maximum Gasteiger partial charge on any atom is 0.0577 e. The Morgan fingerprint density at radius 1 is 1.17 bits per heavy atom. The summed E-state index contributed by atoms with van der Waals surface area (Å²) in [4.78, 5) is 0. The molecular weight excluding hydrogens is 148 g/mol. The Labute approximate surface area is 77.5 Å². The topological polar surface area (TPSA) is 9.23 Å². The van der Waals surface area contributed by atoms with E-state index in [-0.39, 0.29) is 0 Å². The van der Waals surface area contributed by atoms with Crippen LogP contribution in [0.25, 0.3) is 0 Å². The third-order valence-corrected chi connectivity index (χ3v) is 3.06. The van der Waals surface area contributed by atoms with Crippen LogP contribution in [0.4, 0.5) is 0 Å². The molecule has 0 amide bonds. The summed E-state index contributed by atoms with van der Waals surface area (Å²) in [6.45, 7) is 14.1. The lowest BCUT2D eigenvalue weighted by Crippen LogP contribution is -2.38. The van der Waals surface area contributed by atoms with Gasteiger partial charge in [0.1, 0.15) is 0 Å². The molecule has 0 aromatic heterocycles. The summed E-state index contributed by atoms with van der Waals surface area (Å²) < 4.78 is 5.53. The highest BCUT2D eigenvalue weighted by atomic mass is 16.5.